The van der Waals surface area contributed by atoms with E-state index in [2.05, 4.69) is 10.4 Å². The summed E-state index contributed by atoms with van der Waals surface area (Å²) in [5, 5.41) is 7.28. The molecule has 2 aromatic rings. The molecule has 2 amide bonds. The van der Waals surface area contributed by atoms with E-state index in [9.17, 15) is 4.79 Å². The highest BCUT2D eigenvalue weighted by atomic mass is 16.5. The Morgan fingerprint density at radius 2 is 2.24 bits per heavy atom. The minimum absolute atomic E-state index is 0.0215. The molecule has 3 heterocycles. The van der Waals surface area contributed by atoms with Crippen LogP contribution >= 0.6 is 0 Å². The Kier molecular flexibility index (Phi) is 5.75. The van der Waals surface area contributed by atoms with Gasteiger partial charge in [0, 0.05) is 25.9 Å². The van der Waals surface area contributed by atoms with Crippen LogP contribution < -0.4 is 5.32 Å². The molecule has 0 aliphatic carbocycles. The number of urea groups is 1. The zero-order valence-corrected chi connectivity index (χ0v) is 14.9. The predicted octanol–water partition coefficient (Wildman–Crippen LogP) is 3.58. The van der Waals surface area contributed by atoms with Crippen LogP contribution in [0.3, 0.4) is 0 Å². The van der Waals surface area contributed by atoms with Crippen molar-refractivity contribution in [1.82, 2.24) is 14.7 Å². The number of amides is 2. The van der Waals surface area contributed by atoms with E-state index in [1.54, 1.807) is 17.9 Å². The average molecular weight is 346 g/mol. The molecule has 7 nitrogen and oxygen atoms in total. The quantitative estimate of drug-likeness (QED) is 0.898. The highest BCUT2D eigenvalue weighted by Crippen LogP contribution is 2.31. The second-order valence-corrected chi connectivity index (χ2v) is 6.39. The van der Waals surface area contributed by atoms with Gasteiger partial charge in [-0.15, -0.1) is 0 Å². The Balaban J connectivity index is 1.70. The van der Waals surface area contributed by atoms with E-state index in [1.165, 1.54) is 0 Å². The van der Waals surface area contributed by atoms with Crippen LogP contribution in [0.4, 0.5) is 10.6 Å². The maximum Gasteiger partial charge on any atom is 0.323 e. The molecule has 1 saturated heterocycles. The Morgan fingerprint density at radius 3 is 3.00 bits per heavy atom. The first-order chi connectivity index (χ1) is 12.2. The van der Waals surface area contributed by atoms with Crippen molar-refractivity contribution in [1.29, 1.82) is 0 Å². The van der Waals surface area contributed by atoms with E-state index in [1.807, 2.05) is 30.2 Å². The van der Waals surface area contributed by atoms with Crippen LogP contribution in [-0.4, -0.2) is 41.0 Å². The Bertz CT molecular complexity index is 694. The molecule has 2 aromatic heterocycles. The average Bonchev–Trinajstić information content (AvgIpc) is 3.14. The number of aryl methyl sites for hydroxylation is 1. The van der Waals surface area contributed by atoms with Gasteiger partial charge in [-0.05, 0) is 31.9 Å². The summed E-state index contributed by atoms with van der Waals surface area (Å²) in [6.07, 6.45) is 5.99. The van der Waals surface area contributed by atoms with Crippen LogP contribution in [0.25, 0.3) is 0 Å². The van der Waals surface area contributed by atoms with Crippen LogP contribution in [0.1, 0.15) is 43.2 Å². The third kappa shape index (κ3) is 4.42. The van der Waals surface area contributed by atoms with Gasteiger partial charge in [-0.25, -0.2) is 4.79 Å². The molecule has 0 saturated carbocycles. The summed E-state index contributed by atoms with van der Waals surface area (Å²) in [5.41, 5.74) is 0. The van der Waals surface area contributed by atoms with Crippen LogP contribution in [0, 0.1) is 6.92 Å². The Labute approximate surface area is 147 Å². The van der Waals surface area contributed by atoms with Gasteiger partial charge in [0.15, 0.2) is 5.82 Å². The first-order valence-corrected chi connectivity index (χ1v) is 8.83. The number of nitrogens with zero attached hydrogens (tertiary/aromatic N) is 3. The molecule has 0 radical (unpaired) electrons. The van der Waals surface area contributed by atoms with Gasteiger partial charge in [0.2, 0.25) is 0 Å². The number of likely N-dealkylation sites (tertiary alicyclic amines) is 1. The molecule has 0 spiro atoms. The number of rotatable bonds is 5. The highest BCUT2D eigenvalue weighted by Gasteiger charge is 2.29. The maximum absolute atomic E-state index is 12.8. The standard InChI is InChI=1S/C18H26N4O3/c1-14-7-8-16(25-14)15-6-4-3-5-10-22(15)18(23)19-17-9-11-21(20-17)12-13-24-2/h7-9,11,15H,3-6,10,12-13H2,1-2H3,(H,19,20,23)/t15-/m0/s1. The fourth-order valence-electron chi connectivity index (χ4n) is 3.20. The van der Waals surface area contributed by atoms with Crippen LogP contribution in [-0.2, 0) is 11.3 Å². The molecule has 1 atom stereocenters. The number of nitrogens with one attached hydrogen (secondary N) is 1. The smallest absolute Gasteiger partial charge is 0.323 e. The van der Waals surface area contributed by atoms with Crippen molar-refractivity contribution < 1.29 is 13.9 Å². The summed E-state index contributed by atoms with van der Waals surface area (Å²) in [4.78, 5) is 14.7. The minimum atomic E-state index is -0.127. The largest absolute Gasteiger partial charge is 0.464 e. The SMILES string of the molecule is COCCn1ccc(NC(=O)N2CCCCC[C@H]2c2ccc(C)o2)n1. The number of furan rings is 1. The lowest BCUT2D eigenvalue weighted by atomic mass is 10.1. The van der Waals surface area contributed by atoms with Gasteiger partial charge < -0.3 is 14.1 Å². The molecule has 7 heteroatoms. The molecule has 136 valence electrons. The van der Waals surface area contributed by atoms with E-state index in [0.717, 1.165) is 43.7 Å². The van der Waals surface area contributed by atoms with Gasteiger partial charge in [0.1, 0.15) is 11.5 Å². The van der Waals surface area contributed by atoms with Gasteiger partial charge in [0.05, 0.1) is 19.2 Å². The molecule has 0 bridgehead atoms. The molecule has 0 unspecified atom stereocenters. The highest BCUT2D eigenvalue weighted by molar-refractivity contribution is 5.88. The molecular weight excluding hydrogens is 320 g/mol. The molecule has 25 heavy (non-hydrogen) atoms. The third-order valence-corrected chi connectivity index (χ3v) is 4.50. The normalized spacial score (nSPS) is 18.2. The summed E-state index contributed by atoms with van der Waals surface area (Å²) in [7, 11) is 1.65. The lowest BCUT2D eigenvalue weighted by molar-refractivity contribution is 0.178. The second kappa shape index (κ2) is 8.20. The van der Waals surface area contributed by atoms with E-state index in [4.69, 9.17) is 9.15 Å². The molecule has 0 aromatic carbocycles. The topological polar surface area (TPSA) is 72.5 Å². The van der Waals surface area contributed by atoms with Crippen molar-refractivity contribution in [2.75, 3.05) is 25.6 Å². The predicted molar refractivity (Wildman–Crippen MR) is 94.5 cm³/mol. The first-order valence-electron chi connectivity index (χ1n) is 8.83. The summed E-state index contributed by atoms with van der Waals surface area (Å²) in [6.45, 7) is 3.89. The van der Waals surface area contributed by atoms with Gasteiger partial charge in [0.25, 0.3) is 0 Å². The van der Waals surface area contributed by atoms with Crippen molar-refractivity contribution in [3.05, 3.63) is 35.9 Å². The third-order valence-electron chi connectivity index (χ3n) is 4.50. The fraction of sp³-hybridized carbons (Fsp3) is 0.556. The number of carbonyl (C=O) groups excluding carboxylic acids is 1. The number of ether oxygens (including phenoxy) is 1. The molecule has 1 N–H and O–H groups in total. The van der Waals surface area contributed by atoms with E-state index in [0.29, 0.717) is 19.0 Å². The minimum Gasteiger partial charge on any atom is -0.464 e. The van der Waals surface area contributed by atoms with Crippen molar-refractivity contribution >= 4 is 11.8 Å². The van der Waals surface area contributed by atoms with Crippen molar-refractivity contribution in [2.24, 2.45) is 0 Å². The van der Waals surface area contributed by atoms with Crippen LogP contribution in [0.15, 0.2) is 28.8 Å². The number of aromatic nitrogens is 2. The Morgan fingerprint density at radius 1 is 1.36 bits per heavy atom. The Hall–Kier alpha value is -2.28. The van der Waals surface area contributed by atoms with E-state index >= 15 is 0 Å². The lowest BCUT2D eigenvalue weighted by Crippen LogP contribution is -2.38. The van der Waals surface area contributed by atoms with Gasteiger partial charge >= 0.3 is 6.03 Å². The monoisotopic (exact) mass is 346 g/mol. The lowest BCUT2D eigenvalue weighted by Gasteiger charge is -2.28. The van der Waals surface area contributed by atoms with Gasteiger partial charge in [-0.3, -0.25) is 10.00 Å². The zero-order valence-electron chi connectivity index (χ0n) is 14.9. The number of methoxy groups -OCH3 is 1. The number of carbonyl (C=O) groups is 1. The van der Waals surface area contributed by atoms with E-state index in [-0.39, 0.29) is 12.1 Å². The van der Waals surface area contributed by atoms with E-state index < -0.39 is 0 Å². The summed E-state index contributed by atoms with van der Waals surface area (Å²) in [5.74, 6) is 2.29. The number of hydrogen-bond donors (Lipinski definition) is 1. The molecule has 1 aliphatic rings. The molecule has 1 aliphatic heterocycles. The zero-order chi connectivity index (χ0) is 17.6. The van der Waals surface area contributed by atoms with Gasteiger partial charge in [-0.2, -0.15) is 5.10 Å². The second-order valence-electron chi connectivity index (χ2n) is 6.39. The summed E-state index contributed by atoms with van der Waals surface area (Å²) >= 11 is 0. The van der Waals surface area contributed by atoms with Gasteiger partial charge in [-0.1, -0.05) is 12.8 Å². The molecule has 1 fully saturated rings. The summed E-state index contributed by atoms with van der Waals surface area (Å²) < 4.78 is 12.6. The first kappa shape index (κ1) is 17.5. The van der Waals surface area contributed by atoms with Crippen molar-refractivity contribution in [3.63, 3.8) is 0 Å². The summed E-state index contributed by atoms with van der Waals surface area (Å²) in [6, 6.07) is 5.58. The number of anilines is 1. The van der Waals surface area contributed by atoms with Crippen LogP contribution in [0.5, 0.6) is 0 Å². The molecule has 3 rings (SSSR count). The van der Waals surface area contributed by atoms with Crippen molar-refractivity contribution in [3.8, 4) is 0 Å². The molecular formula is C18H26N4O3. The number of hydrogen-bond acceptors (Lipinski definition) is 4. The van der Waals surface area contributed by atoms with Crippen molar-refractivity contribution in [2.45, 2.75) is 45.2 Å². The maximum atomic E-state index is 12.8. The fourth-order valence-corrected chi connectivity index (χ4v) is 3.20. The van der Waals surface area contributed by atoms with Crippen LogP contribution in [0.2, 0.25) is 0 Å².